The van der Waals surface area contributed by atoms with Crippen molar-refractivity contribution in [2.45, 2.75) is 51.0 Å². The Balaban J connectivity index is 1.86. The molecule has 0 atom stereocenters. The fourth-order valence-electron chi connectivity index (χ4n) is 3.05. The van der Waals surface area contributed by atoms with Crippen LogP contribution >= 0.6 is 0 Å². The highest BCUT2D eigenvalue weighted by molar-refractivity contribution is 5.84. The summed E-state index contributed by atoms with van der Waals surface area (Å²) in [6, 6.07) is 0.327. The third kappa shape index (κ3) is 4.20. The van der Waals surface area contributed by atoms with Crippen molar-refractivity contribution in [3.63, 3.8) is 0 Å². The maximum atomic E-state index is 12.4. The van der Waals surface area contributed by atoms with Crippen molar-refractivity contribution in [1.29, 1.82) is 0 Å². The van der Waals surface area contributed by atoms with Crippen LogP contribution in [0.25, 0.3) is 0 Å². The molecule has 5 nitrogen and oxygen atoms in total. The zero-order chi connectivity index (χ0) is 14.4. The van der Waals surface area contributed by atoms with E-state index < -0.39 is 0 Å². The van der Waals surface area contributed by atoms with Crippen molar-refractivity contribution >= 4 is 11.8 Å². The minimum atomic E-state index is 0.0887. The Morgan fingerprint density at radius 2 is 1.95 bits per heavy atom. The summed E-state index contributed by atoms with van der Waals surface area (Å²) in [6.07, 6.45) is 6.92. The predicted molar refractivity (Wildman–Crippen MR) is 78.3 cm³/mol. The molecular formula is C15H27N3O2. The zero-order valence-electron chi connectivity index (χ0n) is 12.6. The molecule has 2 amide bonds. The molecule has 0 unspecified atom stereocenters. The van der Waals surface area contributed by atoms with E-state index >= 15 is 0 Å². The summed E-state index contributed by atoms with van der Waals surface area (Å²) in [7, 11) is 1.88. The monoisotopic (exact) mass is 281 g/mol. The average Bonchev–Trinajstić information content (AvgIpc) is 2.47. The zero-order valence-corrected chi connectivity index (χ0v) is 12.6. The number of carbonyl (C=O) groups is 2. The molecule has 0 bridgehead atoms. The molecule has 2 aliphatic rings. The van der Waals surface area contributed by atoms with E-state index in [0.717, 1.165) is 51.7 Å². The van der Waals surface area contributed by atoms with Gasteiger partial charge in [-0.1, -0.05) is 12.8 Å². The number of rotatable bonds is 3. The minimum Gasteiger partial charge on any atom is -0.341 e. The molecule has 0 radical (unpaired) electrons. The van der Waals surface area contributed by atoms with Crippen molar-refractivity contribution in [2.75, 3.05) is 33.2 Å². The third-order valence-corrected chi connectivity index (χ3v) is 4.50. The molecule has 0 saturated carbocycles. The van der Waals surface area contributed by atoms with Gasteiger partial charge in [-0.3, -0.25) is 9.59 Å². The molecule has 1 N–H and O–H groups in total. The van der Waals surface area contributed by atoms with Gasteiger partial charge in [-0.2, -0.15) is 0 Å². The van der Waals surface area contributed by atoms with Gasteiger partial charge in [0.1, 0.15) is 0 Å². The van der Waals surface area contributed by atoms with Crippen LogP contribution in [0.3, 0.4) is 0 Å². The lowest BCUT2D eigenvalue weighted by molar-refractivity contribution is -0.141. The molecule has 2 aliphatic heterocycles. The van der Waals surface area contributed by atoms with Gasteiger partial charge in [-0.05, 0) is 38.8 Å². The van der Waals surface area contributed by atoms with Gasteiger partial charge in [0.25, 0.3) is 0 Å². The summed E-state index contributed by atoms with van der Waals surface area (Å²) in [5.74, 6) is 0.239. The van der Waals surface area contributed by atoms with E-state index in [1.165, 1.54) is 6.42 Å². The second kappa shape index (κ2) is 7.62. The molecule has 0 aromatic carbocycles. The van der Waals surface area contributed by atoms with Crippen LogP contribution in [0.15, 0.2) is 0 Å². The molecule has 2 heterocycles. The Kier molecular flexibility index (Phi) is 5.83. The number of likely N-dealkylation sites (N-methyl/N-ethyl adjacent to an activating group) is 1. The molecule has 0 aliphatic carbocycles. The van der Waals surface area contributed by atoms with Gasteiger partial charge in [-0.25, -0.2) is 0 Å². The van der Waals surface area contributed by atoms with Gasteiger partial charge in [0, 0.05) is 26.1 Å². The second-order valence-corrected chi connectivity index (χ2v) is 5.97. The number of carbonyl (C=O) groups excluding carboxylic acids is 2. The van der Waals surface area contributed by atoms with E-state index in [1.54, 1.807) is 4.90 Å². The van der Waals surface area contributed by atoms with Gasteiger partial charge < -0.3 is 15.1 Å². The predicted octanol–water partition coefficient (Wildman–Crippen LogP) is 0.989. The number of hydrogen-bond donors (Lipinski definition) is 1. The lowest BCUT2D eigenvalue weighted by Gasteiger charge is -2.33. The van der Waals surface area contributed by atoms with Crippen molar-refractivity contribution in [3.05, 3.63) is 0 Å². The van der Waals surface area contributed by atoms with Gasteiger partial charge in [0.2, 0.25) is 11.8 Å². The number of piperidine rings is 1. The standard InChI is InChI=1S/C15H27N3O2/c1-17(13-7-9-16-10-8-13)15(20)12-18-11-5-3-2-4-6-14(18)19/h13,16H,2-12H2,1H3. The molecule has 2 fully saturated rings. The molecule has 2 rings (SSSR count). The van der Waals surface area contributed by atoms with Crippen molar-refractivity contribution in [2.24, 2.45) is 0 Å². The lowest BCUT2D eigenvalue weighted by Crippen LogP contribution is -2.48. The Morgan fingerprint density at radius 3 is 2.70 bits per heavy atom. The summed E-state index contributed by atoms with van der Waals surface area (Å²) >= 11 is 0. The van der Waals surface area contributed by atoms with Crippen LogP contribution in [-0.2, 0) is 9.59 Å². The molecule has 0 spiro atoms. The van der Waals surface area contributed by atoms with Gasteiger partial charge in [-0.15, -0.1) is 0 Å². The van der Waals surface area contributed by atoms with Gasteiger partial charge in [0.05, 0.1) is 6.54 Å². The fourth-order valence-corrected chi connectivity index (χ4v) is 3.05. The van der Waals surface area contributed by atoms with Crippen LogP contribution in [0.5, 0.6) is 0 Å². The highest BCUT2D eigenvalue weighted by atomic mass is 16.2. The first-order valence-electron chi connectivity index (χ1n) is 7.92. The highest BCUT2D eigenvalue weighted by Gasteiger charge is 2.25. The third-order valence-electron chi connectivity index (χ3n) is 4.50. The van der Waals surface area contributed by atoms with Gasteiger partial charge in [0.15, 0.2) is 0 Å². The van der Waals surface area contributed by atoms with Crippen LogP contribution in [0.1, 0.15) is 44.9 Å². The minimum absolute atomic E-state index is 0.0887. The number of likely N-dealkylation sites (tertiary alicyclic amines) is 1. The Labute approximate surface area is 121 Å². The molecule has 20 heavy (non-hydrogen) atoms. The van der Waals surface area contributed by atoms with Gasteiger partial charge >= 0.3 is 0 Å². The molecule has 114 valence electrons. The van der Waals surface area contributed by atoms with Crippen LogP contribution in [-0.4, -0.2) is 60.9 Å². The second-order valence-electron chi connectivity index (χ2n) is 5.97. The SMILES string of the molecule is CN(C(=O)CN1CCCCCCC1=O)C1CCNCC1. The average molecular weight is 281 g/mol. The maximum absolute atomic E-state index is 12.4. The lowest BCUT2D eigenvalue weighted by atomic mass is 10.1. The molecule has 0 aromatic heterocycles. The van der Waals surface area contributed by atoms with Crippen LogP contribution in [0, 0.1) is 0 Å². The van der Waals surface area contributed by atoms with E-state index in [2.05, 4.69) is 5.32 Å². The number of amides is 2. The summed E-state index contributed by atoms with van der Waals surface area (Å²) < 4.78 is 0. The number of hydrogen-bond acceptors (Lipinski definition) is 3. The first-order valence-corrected chi connectivity index (χ1v) is 7.92. The Bertz CT molecular complexity index is 340. The fraction of sp³-hybridized carbons (Fsp3) is 0.867. The smallest absolute Gasteiger partial charge is 0.242 e. The molecule has 2 saturated heterocycles. The summed E-state index contributed by atoms with van der Waals surface area (Å²) in [5.41, 5.74) is 0. The summed E-state index contributed by atoms with van der Waals surface area (Å²) in [4.78, 5) is 28.0. The van der Waals surface area contributed by atoms with Crippen molar-refractivity contribution in [1.82, 2.24) is 15.1 Å². The maximum Gasteiger partial charge on any atom is 0.242 e. The topological polar surface area (TPSA) is 52.7 Å². The van der Waals surface area contributed by atoms with E-state index in [0.29, 0.717) is 12.5 Å². The number of nitrogens with one attached hydrogen (secondary N) is 1. The first kappa shape index (κ1) is 15.3. The van der Waals surface area contributed by atoms with Crippen molar-refractivity contribution < 1.29 is 9.59 Å². The van der Waals surface area contributed by atoms with E-state index in [1.807, 2.05) is 11.9 Å². The van der Waals surface area contributed by atoms with E-state index in [4.69, 9.17) is 0 Å². The summed E-state index contributed by atoms with van der Waals surface area (Å²) in [6.45, 7) is 2.96. The van der Waals surface area contributed by atoms with Crippen LogP contribution < -0.4 is 5.32 Å². The van der Waals surface area contributed by atoms with E-state index in [9.17, 15) is 9.59 Å². The summed E-state index contributed by atoms with van der Waals surface area (Å²) in [5, 5.41) is 3.31. The molecule has 5 heteroatoms. The van der Waals surface area contributed by atoms with Crippen LogP contribution in [0.4, 0.5) is 0 Å². The first-order chi connectivity index (χ1) is 9.68. The molecule has 0 aromatic rings. The largest absolute Gasteiger partial charge is 0.341 e. The normalized spacial score (nSPS) is 22.2. The Hall–Kier alpha value is -1.10. The molecular weight excluding hydrogens is 254 g/mol. The Morgan fingerprint density at radius 1 is 1.25 bits per heavy atom. The highest BCUT2D eigenvalue weighted by Crippen LogP contribution is 2.14. The quantitative estimate of drug-likeness (QED) is 0.839. The van der Waals surface area contributed by atoms with Crippen LogP contribution in [0.2, 0.25) is 0 Å². The number of nitrogens with zero attached hydrogens (tertiary/aromatic N) is 2. The van der Waals surface area contributed by atoms with Crippen molar-refractivity contribution in [3.8, 4) is 0 Å². The van der Waals surface area contributed by atoms with E-state index in [-0.39, 0.29) is 18.4 Å².